The Bertz CT molecular complexity index is 120. The molecule has 1 rings (SSSR count). The molecule has 1 heterocycles. The van der Waals surface area contributed by atoms with Gasteiger partial charge < -0.3 is 3.93 Å². The first kappa shape index (κ1) is 7.13. The van der Waals surface area contributed by atoms with Crippen molar-refractivity contribution in [2.45, 2.75) is 26.2 Å². The number of rotatable bonds is 0. The van der Waals surface area contributed by atoms with Crippen LogP contribution < -0.4 is 0 Å². The van der Waals surface area contributed by atoms with Crippen molar-refractivity contribution in [2.75, 3.05) is 6.54 Å². The summed E-state index contributed by atoms with van der Waals surface area (Å²) in [5, 5.41) is 0. The summed E-state index contributed by atoms with van der Waals surface area (Å²) >= 11 is 3.48. The van der Waals surface area contributed by atoms with Crippen molar-refractivity contribution in [1.29, 1.82) is 0 Å². The highest BCUT2D eigenvalue weighted by atomic mass is 79.9. The van der Waals surface area contributed by atoms with Crippen molar-refractivity contribution in [1.82, 2.24) is 3.93 Å². The zero-order chi connectivity index (χ0) is 6.69. The summed E-state index contributed by atoms with van der Waals surface area (Å²) in [4.78, 5) is 0. The highest BCUT2D eigenvalue weighted by molar-refractivity contribution is 9.07. The minimum atomic E-state index is 1.17. The van der Waals surface area contributed by atoms with Crippen LogP contribution in [0, 0.1) is 0 Å². The van der Waals surface area contributed by atoms with Crippen molar-refractivity contribution in [3.63, 3.8) is 0 Å². The predicted octanol–water partition coefficient (Wildman–Crippen LogP) is 2.69. The van der Waals surface area contributed by atoms with Crippen LogP contribution in [0.4, 0.5) is 0 Å². The van der Waals surface area contributed by atoms with E-state index in [1.807, 2.05) is 0 Å². The summed E-state index contributed by atoms with van der Waals surface area (Å²) in [5.41, 5.74) is 1.43. The molecule has 9 heavy (non-hydrogen) atoms. The fraction of sp³-hybridized carbons (Fsp3) is 0.714. The molecule has 0 aromatic heterocycles. The van der Waals surface area contributed by atoms with Crippen molar-refractivity contribution in [3.05, 3.63) is 11.8 Å². The Balaban J connectivity index is 2.49. The lowest BCUT2D eigenvalue weighted by Gasteiger charge is -2.24. The molecule has 0 radical (unpaired) electrons. The van der Waals surface area contributed by atoms with E-state index in [0.29, 0.717) is 0 Å². The lowest BCUT2D eigenvalue weighted by molar-refractivity contribution is 0.464. The van der Waals surface area contributed by atoms with E-state index in [9.17, 15) is 0 Å². The SMILES string of the molecule is CC=C1CCCCN1Br. The monoisotopic (exact) mass is 189 g/mol. The summed E-state index contributed by atoms with van der Waals surface area (Å²) in [6.45, 7) is 3.26. The Kier molecular flexibility index (Phi) is 2.58. The molecule has 0 aromatic carbocycles. The molecule has 0 bridgehead atoms. The number of nitrogens with zero attached hydrogens (tertiary/aromatic N) is 1. The number of piperidine rings is 1. The standard InChI is InChI=1S/C7H12BrN/c1-2-7-5-3-4-6-9(7)8/h2H,3-6H2,1H3. The first-order valence-corrected chi connectivity index (χ1v) is 4.14. The van der Waals surface area contributed by atoms with Crippen molar-refractivity contribution < 1.29 is 0 Å². The molecule has 1 aliphatic heterocycles. The fourth-order valence-electron chi connectivity index (χ4n) is 1.11. The van der Waals surface area contributed by atoms with E-state index in [1.54, 1.807) is 0 Å². The van der Waals surface area contributed by atoms with E-state index in [0.717, 1.165) is 0 Å². The molecule has 0 N–H and O–H groups in total. The number of hydrogen-bond acceptors (Lipinski definition) is 1. The fourth-order valence-corrected chi connectivity index (χ4v) is 1.74. The molecule has 0 unspecified atom stereocenters. The summed E-state index contributed by atoms with van der Waals surface area (Å²) in [7, 11) is 0. The predicted molar refractivity (Wildman–Crippen MR) is 43.2 cm³/mol. The Hall–Kier alpha value is 0.0200. The van der Waals surface area contributed by atoms with E-state index >= 15 is 0 Å². The van der Waals surface area contributed by atoms with Gasteiger partial charge in [0.1, 0.15) is 0 Å². The molecule has 0 atom stereocenters. The van der Waals surface area contributed by atoms with Gasteiger partial charge in [0.05, 0.1) is 0 Å². The molecule has 1 nitrogen and oxygen atoms in total. The molecule has 1 saturated heterocycles. The van der Waals surface area contributed by atoms with Gasteiger partial charge in [0, 0.05) is 28.4 Å². The molecule has 0 saturated carbocycles. The maximum Gasteiger partial charge on any atom is 0.0493 e. The largest absolute Gasteiger partial charge is 0.313 e. The van der Waals surface area contributed by atoms with Gasteiger partial charge in [-0.3, -0.25) is 0 Å². The molecular weight excluding hydrogens is 178 g/mol. The highest BCUT2D eigenvalue weighted by Gasteiger charge is 2.09. The van der Waals surface area contributed by atoms with Crippen LogP contribution >= 0.6 is 16.1 Å². The van der Waals surface area contributed by atoms with E-state index in [4.69, 9.17) is 0 Å². The molecule has 0 amide bonds. The maximum absolute atomic E-state index is 3.48. The van der Waals surface area contributed by atoms with Crippen LogP contribution in [-0.4, -0.2) is 10.5 Å². The summed E-state index contributed by atoms with van der Waals surface area (Å²) in [6, 6.07) is 0. The van der Waals surface area contributed by atoms with Crippen LogP contribution in [0.1, 0.15) is 26.2 Å². The summed E-state index contributed by atoms with van der Waals surface area (Å²) < 4.78 is 2.16. The van der Waals surface area contributed by atoms with Crippen LogP contribution in [0.5, 0.6) is 0 Å². The normalized spacial score (nSPS) is 25.1. The van der Waals surface area contributed by atoms with Crippen LogP contribution in [0.25, 0.3) is 0 Å². The Morgan fingerprint density at radius 2 is 2.33 bits per heavy atom. The lowest BCUT2D eigenvalue weighted by atomic mass is 10.1. The highest BCUT2D eigenvalue weighted by Crippen LogP contribution is 2.22. The van der Waals surface area contributed by atoms with Gasteiger partial charge in [-0.25, -0.2) is 0 Å². The van der Waals surface area contributed by atoms with E-state index < -0.39 is 0 Å². The zero-order valence-corrected chi connectivity index (χ0v) is 7.32. The van der Waals surface area contributed by atoms with Gasteiger partial charge in [-0.2, -0.15) is 0 Å². The van der Waals surface area contributed by atoms with Gasteiger partial charge in [0.15, 0.2) is 0 Å². The third-order valence-corrected chi connectivity index (χ3v) is 2.49. The number of allylic oxidation sites excluding steroid dienone is 2. The Morgan fingerprint density at radius 1 is 1.56 bits per heavy atom. The molecule has 1 aliphatic rings. The second-order valence-corrected chi connectivity index (χ2v) is 3.18. The lowest BCUT2D eigenvalue weighted by Crippen LogP contribution is -2.17. The van der Waals surface area contributed by atoms with Crippen LogP contribution in [0.2, 0.25) is 0 Å². The average Bonchev–Trinajstić information content (AvgIpc) is 1.89. The second kappa shape index (κ2) is 3.25. The van der Waals surface area contributed by atoms with Crippen molar-refractivity contribution in [2.24, 2.45) is 0 Å². The van der Waals surface area contributed by atoms with E-state index in [1.165, 1.54) is 31.5 Å². The van der Waals surface area contributed by atoms with Gasteiger partial charge in [-0.05, 0) is 26.2 Å². The maximum atomic E-state index is 3.48. The molecule has 0 aromatic rings. The molecule has 2 heteroatoms. The summed E-state index contributed by atoms with van der Waals surface area (Å²) in [6.07, 6.45) is 6.08. The van der Waals surface area contributed by atoms with Gasteiger partial charge in [-0.1, -0.05) is 6.08 Å². The van der Waals surface area contributed by atoms with Crippen LogP contribution in [-0.2, 0) is 0 Å². The third kappa shape index (κ3) is 1.71. The van der Waals surface area contributed by atoms with E-state index in [2.05, 4.69) is 33.1 Å². The number of halogens is 1. The molecule has 1 fully saturated rings. The minimum absolute atomic E-state index is 1.17. The molecular formula is C7H12BrN. The average molecular weight is 190 g/mol. The van der Waals surface area contributed by atoms with Crippen molar-refractivity contribution >= 4 is 16.1 Å². The van der Waals surface area contributed by atoms with Gasteiger partial charge in [0.25, 0.3) is 0 Å². The first-order valence-electron chi connectivity index (χ1n) is 3.43. The minimum Gasteiger partial charge on any atom is -0.313 e. The second-order valence-electron chi connectivity index (χ2n) is 2.32. The van der Waals surface area contributed by atoms with Gasteiger partial charge >= 0.3 is 0 Å². The zero-order valence-electron chi connectivity index (χ0n) is 5.73. The van der Waals surface area contributed by atoms with Crippen LogP contribution in [0.3, 0.4) is 0 Å². The number of hydrogen-bond donors (Lipinski definition) is 0. The molecule has 0 aliphatic carbocycles. The summed E-state index contributed by atoms with van der Waals surface area (Å²) in [5.74, 6) is 0. The van der Waals surface area contributed by atoms with Gasteiger partial charge in [0.2, 0.25) is 0 Å². The topological polar surface area (TPSA) is 3.24 Å². The smallest absolute Gasteiger partial charge is 0.0493 e. The molecule has 0 spiro atoms. The Labute approximate surface area is 65.1 Å². The quantitative estimate of drug-likeness (QED) is 0.531. The third-order valence-electron chi connectivity index (χ3n) is 1.68. The Morgan fingerprint density at radius 3 is 2.78 bits per heavy atom. The van der Waals surface area contributed by atoms with Crippen LogP contribution in [0.15, 0.2) is 11.8 Å². The van der Waals surface area contributed by atoms with E-state index in [-0.39, 0.29) is 0 Å². The molecule has 52 valence electrons. The van der Waals surface area contributed by atoms with Crippen molar-refractivity contribution in [3.8, 4) is 0 Å². The first-order chi connectivity index (χ1) is 4.34. The van der Waals surface area contributed by atoms with Gasteiger partial charge in [-0.15, -0.1) is 0 Å².